The van der Waals surface area contributed by atoms with E-state index in [1.807, 2.05) is 26.0 Å². The first kappa shape index (κ1) is 9.50. The van der Waals surface area contributed by atoms with E-state index >= 15 is 0 Å². The van der Waals surface area contributed by atoms with Crippen LogP contribution in [0.15, 0.2) is 12.1 Å². The molecule has 10 heavy (non-hydrogen) atoms. The van der Waals surface area contributed by atoms with Gasteiger partial charge in [-0.25, -0.2) is 0 Å². The Morgan fingerprint density at radius 2 is 1.90 bits per heavy atom. The SMILES string of the molecule is CC.COc1ccc(C)s1. The zero-order chi connectivity index (χ0) is 7.98. The molecule has 0 radical (unpaired) electrons. The van der Waals surface area contributed by atoms with Crippen molar-refractivity contribution in [3.63, 3.8) is 0 Å². The van der Waals surface area contributed by atoms with E-state index < -0.39 is 0 Å². The van der Waals surface area contributed by atoms with Crippen LogP contribution in [-0.2, 0) is 0 Å². The Morgan fingerprint density at radius 3 is 2.10 bits per heavy atom. The van der Waals surface area contributed by atoms with Gasteiger partial charge in [0.25, 0.3) is 0 Å². The van der Waals surface area contributed by atoms with Crippen LogP contribution in [0.4, 0.5) is 0 Å². The van der Waals surface area contributed by atoms with Crippen molar-refractivity contribution in [2.24, 2.45) is 0 Å². The number of hydrogen-bond donors (Lipinski definition) is 0. The van der Waals surface area contributed by atoms with Crippen LogP contribution in [-0.4, -0.2) is 7.11 Å². The summed E-state index contributed by atoms with van der Waals surface area (Å²) in [6.45, 7) is 6.06. The molecular formula is C8H14OS. The number of aryl methyl sites for hydroxylation is 1. The standard InChI is InChI=1S/C6H8OS.C2H6/c1-5-3-4-6(7-2)8-5;1-2/h3-4H,1-2H3;1-2H3. The van der Waals surface area contributed by atoms with Gasteiger partial charge in [-0.05, 0) is 19.1 Å². The molecule has 58 valence electrons. The van der Waals surface area contributed by atoms with E-state index in [9.17, 15) is 0 Å². The molecule has 0 saturated carbocycles. The minimum atomic E-state index is 0.988. The third kappa shape index (κ3) is 2.87. The van der Waals surface area contributed by atoms with E-state index in [1.165, 1.54) is 4.88 Å². The van der Waals surface area contributed by atoms with Crippen molar-refractivity contribution in [1.29, 1.82) is 0 Å². The van der Waals surface area contributed by atoms with Crippen molar-refractivity contribution in [2.45, 2.75) is 20.8 Å². The second-order valence-corrected chi connectivity index (χ2v) is 2.82. The summed E-state index contributed by atoms with van der Waals surface area (Å²) < 4.78 is 4.95. The number of methoxy groups -OCH3 is 1. The van der Waals surface area contributed by atoms with E-state index in [0.29, 0.717) is 0 Å². The highest BCUT2D eigenvalue weighted by Crippen LogP contribution is 2.21. The Hall–Kier alpha value is -0.500. The predicted octanol–water partition coefficient (Wildman–Crippen LogP) is 3.09. The second-order valence-electron chi connectivity index (χ2n) is 1.57. The summed E-state index contributed by atoms with van der Waals surface area (Å²) in [5.74, 6) is 0. The first-order valence-corrected chi connectivity index (χ1v) is 4.25. The lowest BCUT2D eigenvalue weighted by Crippen LogP contribution is -1.73. The zero-order valence-corrected chi connectivity index (χ0v) is 7.79. The molecule has 0 spiro atoms. The highest BCUT2D eigenvalue weighted by atomic mass is 32.1. The Bertz CT molecular complexity index is 170. The highest BCUT2D eigenvalue weighted by molar-refractivity contribution is 7.13. The van der Waals surface area contributed by atoms with Gasteiger partial charge in [-0.1, -0.05) is 13.8 Å². The third-order valence-electron chi connectivity index (χ3n) is 0.917. The van der Waals surface area contributed by atoms with Crippen molar-refractivity contribution >= 4 is 11.3 Å². The molecule has 0 aromatic carbocycles. The molecule has 0 fully saturated rings. The minimum absolute atomic E-state index is 0.988. The maximum Gasteiger partial charge on any atom is 0.173 e. The summed E-state index contributed by atoms with van der Waals surface area (Å²) in [5.41, 5.74) is 0. The van der Waals surface area contributed by atoms with Crippen LogP contribution >= 0.6 is 11.3 Å². The van der Waals surface area contributed by atoms with Gasteiger partial charge in [-0.3, -0.25) is 0 Å². The number of rotatable bonds is 1. The van der Waals surface area contributed by atoms with Gasteiger partial charge in [0.15, 0.2) is 5.06 Å². The van der Waals surface area contributed by atoms with Crippen LogP contribution in [0.3, 0.4) is 0 Å². The van der Waals surface area contributed by atoms with Gasteiger partial charge in [-0.2, -0.15) is 0 Å². The Labute approximate surface area is 66.7 Å². The molecule has 0 atom stereocenters. The second kappa shape index (κ2) is 5.30. The van der Waals surface area contributed by atoms with Gasteiger partial charge in [0, 0.05) is 4.88 Å². The van der Waals surface area contributed by atoms with E-state index in [2.05, 4.69) is 6.92 Å². The molecule has 0 amide bonds. The lowest BCUT2D eigenvalue weighted by atomic mass is 10.5. The van der Waals surface area contributed by atoms with Crippen molar-refractivity contribution < 1.29 is 4.74 Å². The molecule has 1 heterocycles. The Morgan fingerprint density at radius 1 is 1.30 bits per heavy atom. The minimum Gasteiger partial charge on any atom is -0.487 e. The van der Waals surface area contributed by atoms with Gasteiger partial charge in [0.1, 0.15) is 0 Å². The van der Waals surface area contributed by atoms with Crippen molar-refractivity contribution in [2.75, 3.05) is 7.11 Å². The van der Waals surface area contributed by atoms with Gasteiger partial charge >= 0.3 is 0 Å². The molecule has 1 aromatic heterocycles. The molecule has 1 rings (SSSR count). The average molecular weight is 158 g/mol. The van der Waals surface area contributed by atoms with Gasteiger partial charge in [-0.15, -0.1) is 11.3 Å². The Balaban J connectivity index is 0.000000371. The average Bonchev–Trinajstić information content (AvgIpc) is 2.40. The first-order chi connectivity index (χ1) is 4.83. The molecule has 0 aliphatic carbocycles. The van der Waals surface area contributed by atoms with Crippen LogP contribution in [0.5, 0.6) is 5.06 Å². The molecule has 0 aliphatic rings. The summed E-state index contributed by atoms with van der Waals surface area (Å²) in [4.78, 5) is 1.29. The van der Waals surface area contributed by atoms with Crippen molar-refractivity contribution in [3.8, 4) is 5.06 Å². The maximum atomic E-state index is 4.95. The fraction of sp³-hybridized carbons (Fsp3) is 0.500. The topological polar surface area (TPSA) is 9.23 Å². The lowest BCUT2D eigenvalue weighted by Gasteiger charge is -1.87. The number of ether oxygens (including phenoxy) is 1. The van der Waals surface area contributed by atoms with Crippen LogP contribution in [0.1, 0.15) is 18.7 Å². The van der Waals surface area contributed by atoms with E-state index in [4.69, 9.17) is 4.74 Å². The monoisotopic (exact) mass is 158 g/mol. The molecule has 0 aliphatic heterocycles. The van der Waals surface area contributed by atoms with Gasteiger partial charge in [0.2, 0.25) is 0 Å². The highest BCUT2D eigenvalue weighted by Gasteiger charge is 1.90. The van der Waals surface area contributed by atoms with Crippen LogP contribution < -0.4 is 4.74 Å². The lowest BCUT2D eigenvalue weighted by molar-refractivity contribution is 0.427. The summed E-state index contributed by atoms with van der Waals surface area (Å²) in [5, 5.41) is 0.988. The number of hydrogen-bond acceptors (Lipinski definition) is 2. The van der Waals surface area contributed by atoms with Crippen molar-refractivity contribution in [3.05, 3.63) is 17.0 Å². The normalized spacial score (nSPS) is 8.00. The smallest absolute Gasteiger partial charge is 0.173 e. The zero-order valence-electron chi connectivity index (χ0n) is 6.97. The molecule has 0 N–H and O–H groups in total. The Kier molecular flexibility index (Phi) is 5.03. The quantitative estimate of drug-likeness (QED) is 0.610. The molecule has 0 unspecified atom stereocenters. The number of thiophene rings is 1. The fourth-order valence-corrected chi connectivity index (χ4v) is 1.19. The first-order valence-electron chi connectivity index (χ1n) is 3.43. The third-order valence-corrected chi connectivity index (χ3v) is 1.88. The van der Waals surface area contributed by atoms with Crippen LogP contribution in [0.25, 0.3) is 0 Å². The summed E-state index contributed by atoms with van der Waals surface area (Å²) in [7, 11) is 1.69. The molecule has 2 heteroatoms. The van der Waals surface area contributed by atoms with Gasteiger partial charge in [0.05, 0.1) is 7.11 Å². The predicted molar refractivity (Wildman–Crippen MR) is 47.0 cm³/mol. The molecule has 1 aromatic rings. The largest absolute Gasteiger partial charge is 0.487 e. The summed E-state index contributed by atoms with van der Waals surface area (Å²) in [6.07, 6.45) is 0. The maximum absolute atomic E-state index is 4.95. The molecule has 0 saturated heterocycles. The van der Waals surface area contributed by atoms with Crippen LogP contribution in [0, 0.1) is 6.92 Å². The van der Waals surface area contributed by atoms with E-state index in [0.717, 1.165) is 5.06 Å². The van der Waals surface area contributed by atoms with E-state index in [-0.39, 0.29) is 0 Å². The van der Waals surface area contributed by atoms with Gasteiger partial charge < -0.3 is 4.74 Å². The fourth-order valence-electron chi connectivity index (χ4n) is 0.522. The molecule has 1 nitrogen and oxygen atoms in total. The van der Waals surface area contributed by atoms with Crippen LogP contribution in [0.2, 0.25) is 0 Å². The van der Waals surface area contributed by atoms with E-state index in [1.54, 1.807) is 18.4 Å². The van der Waals surface area contributed by atoms with Crippen molar-refractivity contribution in [1.82, 2.24) is 0 Å². The molecule has 0 bridgehead atoms. The molecular weight excluding hydrogens is 144 g/mol. The summed E-state index contributed by atoms with van der Waals surface area (Å²) in [6, 6.07) is 4.02. The summed E-state index contributed by atoms with van der Waals surface area (Å²) >= 11 is 1.67.